The van der Waals surface area contributed by atoms with E-state index in [0.29, 0.717) is 33.7 Å². The number of hydrogen-bond donors (Lipinski definition) is 1. The molecular weight excluding hydrogens is 422 g/mol. The maximum Gasteiger partial charge on any atom is 0.251 e. The number of benzene rings is 2. The standard InChI is InChI=1S/C19H17Cl2FN4OS/c1-2-26-17(10-23-18(27)12-4-7-15(22)8-5-12)24-25-19(26)28-11-13-3-6-14(20)9-16(13)21/h3-9H,2,10-11H2,1H3,(H,23,27). The van der Waals surface area contributed by atoms with E-state index in [2.05, 4.69) is 15.5 Å². The molecule has 3 aromatic rings. The molecule has 0 saturated heterocycles. The Morgan fingerprint density at radius 3 is 2.61 bits per heavy atom. The minimum Gasteiger partial charge on any atom is -0.345 e. The highest BCUT2D eigenvalue weighted by molar-refractivity contribution is 7.98. The molecule has 28 heavy (non-hydrogen) atoms. The van der Waals surface area contributed by atoms with Crippen molar-refractivity contribution in [3.05, 3.63) is 75.3 Å². The SMILES string of the molecule is CCn1c(CNC(=O)c2ccc(F)cc2)nnc1SCc1ccc(Cl)cc1Cl. The lowest BCUT2D eigenvalue weighted by Crippen LogP contribution is -2.24. The molecule has 1 heterocycles. The molecule has 0 unspecified atom stereocenters. The van der Waals surface area contributed by atoms with Gasteiger partial charge in [0.05, 0.1) is 6.54 Å². The number of aromatic nitrogens is 3. The number of carbonyl (C=O) groups excluding carboxylic acids is 1. The second-order valence-electron chi connectivity index (χ2n) is 5.86. The summed E-state index contributed by atoms with van der Waals surface area (Å²) in [6, 6.07) is 10.8. The van der Waals surface area contributed by atoms with Gasteiger partial charge < -0.3 is 9.88 Å². The van der Waals surface area contributed by atoms with Crippen molar-refractivity contribution in [1.29, 1.82) is 0 Å². The molecule has 0 atom stereocenters. The lowest BCUT2D eigenvalue weighted by molar-refractivity contribution is 0.0949. The number of carbonyl (C=O) groups is 1. The summed E-state index contributed by atoms with van der Waals surface area (Å²) in [5.74, 6) is 0.580. The van der Waals surface area contributed by atoms with Gasteiger partial charge in [0.2, 0.25) is 0 Å². The zero-order valence-corrected chi connectivity index (χ0v) is 17.3. The molecule has 0 aliphatic rings. The minimum absolute atomic E-state index is 0.222. The first-order valence-electron chi connectivity index (χ1n) is 8.50. The van der Waals surface area contributed by atoms with E-state index in [9.17, 15) is 9.18 Å². The van der Waals surface area contributed by atoms with Crippen LogP contribution in [0.1, 0.15) is 28.7 Å². The molecule has 0 aliphatic carbocycles. The summed E-state index contributed by atoms with van der Waals surface area (Å²) in [5, 5.41) is 13.1. The Morgan fingerprint density at radius 1 is 1.18 bits per heavy atom. The Hall–Kier alpha value is -2.09. The Balaban J connectivity index is 1.64. The van der Waals surface area contributed by atoms with Crippen LogP contribution in [0.2, 0.25) is 10.0 Å². The first-order valence-corrected chi connectivity index (χ1v) is 10.2. The zero-order chi connectivity index (χ0) is 20.1. The van der Waals surface area contributed by atoms with Crippen LogP contribution >= 0.6 is 35.0 Å². The van der Waals surface area contributed by atoms with Crippen LogP contribution in [0, 0.1) is 5.82 Å². The van der Waals surface area contributed by atoms with Crippen molar-refractivity contribution in [3.8, 4) is 0 Å². The molecule has 9 heteroatoms. The number of nitrogens with zero attached hydrogens (tertiary/aromatic N) is 3. The topological polar surface area (TPSA) is 59.8 Å². The van der Waals surface area contributed by atoms with E-state index in [1.165, 1.54) is 36.0 Å². The second-order valence-corrected chi connectivity index (χ2v) is 7.64. The van der Waals surface area contributed by atoms with Gasteiger partial charge in [-0.3, -0.25) is 4.79 Å². The summed E-state index contributed by atoms with van der Waals surface area (Å²) in [6.07, 6.45) is 0. The van der Waals surface area contributed by atoms with Crippen LogP contribution in [0.15, 0.2) is 47.6 Å². The second kappa shape index (κ2) is 9.41. The van der Waals surface area contributed by atoms with Crippen molar-refractivity contribution in [2.45, 2.75) is 30.9 Å². The lowest BCUT2D eigenvalue weighted by Gasteiger charge is -2.09. The van der Waals surface area contributed by atoms with Crippen molar-refractivity contribution in [2.75, 3.05) is 0 Å². The van der Waals surface area contributed by atoms with Crippen molar-refractivity contribution in [2.24, 2.45) is 0 Å². The zero-order valence-electron chi connectivity index (χ0n) is 15.0. The monoisotopic (exact) mass is 438 g/mol. The van der Waals surface area contributed by atoms with Crippen LogP contribution in [-0.4, -0.2) is 20.7 Å². The van der Waals surface area contributed by atoms with Gasteiger partial charge in [-0.15, -0.1) is 10.2 Å². The summed E-state index contributed by atoms with van der Waals surface area (Å²) in [4.78, 5) is 12.2. The predicted molar refractivity (Wildman–Crippen MR) is 109 cm³/mol. The number of amides is 1. The Kier molecular flexibility index (Phi) is 6.93. The molecule has 1 amide bonds. The molecule has 0 radical (unpaired) electrons. The van der Waals surface area contributed by atoms with Gasteiger partial charge in [0.25, 0.3) is 5.91 Å². The average molecular weight is 439 g/mol. The third kappa shape index (κ3) is 5.04. The van der Waals surface area contributed by atoms with Gasteiger partial charge in [0.15, 0.2) is 11.0 Å². The van der Waals surface area contributed by atoms with Gasteiger partial charge in [-0.2, -0.15) is 0 Å². The van der Waals surface area contributed by atoms with E-state index in [4.69, 9.17) is 23.2 Å². The van der Waals surface area contributed by atoms with Crippen LogP contribution < -0.4 is 5.32 Å². The van der Waals surface area contributed by atoms with Crippen molar-refractivity contribution in [3.63, 3.8) is 0 Å². The number of nitrogens with one attached hydrogen (secondary N) is 1. The molecule has 1 aromatic heterocycles. The number of hydrogen-bond acceptors (Lipinski definition) is 4. The number of rotatable bonds is 7. The van der Waals surface area contributed by atoms with Crippen molar-refractivity contribution < 1.29 is 9.18 Å². The Labute approximate surface area is 176 Å². The first kappa shape index (κ1) is 20.6. The predicted octanol–water partition coefficient (Wildman–Crippen LogP) is 4.97. The summed E-state index contributed by atoms with van der Waals surface area (Å²) >= 11 is 13.6. The van der Waals surface area contributed by atoms with Gasteiger partial charge in [-0.25, -0.2) is 4.39 Å². The summed E-state index contributed by atoms with van der Waals surface area (Å²) in [7, 11) is 0. The average Bonchev–Trinajstić information content (AvgIpc) is 3.07. The Bertz CT molecular complexity index is 979. The molecule has 0 bridgehead atoms. The highest BCUT2D eigenvalue weighted by Gasteiger charge is 2.14. The van der Waals surface area contributed by atoms with E-state index in [1.807, 2.05) is 17.6 Å². The molecule has 5 nitrogen and oxygen atoms in total. The lowest BCUT2D eigenvalue weighted by atomic mass is 10.2. The maximum atomic E-state index is 13.0. The maximum absolute atomic E-state index is 13.0. The van der Waals surface area contributed by atoms with Crippen LogP contribution in [0.5, 0.6) is 0 Å². The molecular formula is C19H17Cl2FN4OS. The van der Waals surface area contributed by atoms with Crippen LogP contribution in [0.25, 0.3) is 0 Å². The van der Waals surface area contributed by atoms with Gasteiger partial charge in [-0.1, -0.05) is 41.0 Å². The molecule has 0 spiro atoms. The molecule has 0 saturated carbocycles. The third-order valence-electron chi connectivity index (χ3n) is 4.00. The van der Waals surface area contributed by atoms with Gasteiger partial charge in [-0.05, 0) is 48.9 Å². The van der Waals surface area contributed by atoms with E-state index >= 15 is 0 Å². The summed E-state index contributed by atoms with van der Waals surface area (Å²) < 4.78 is 14.9. The van der Waals surface area contributed by atoms with Crippen LogP contribution in [0.3, 0.4) is 0 Å². The molecule has 0 fully saturated rings. The van der Waals surface area contributed by atoms with E-state index in [-0.39, 0.29) is 18.3 Å². The molecule has 1 N–H and O–H groups in total. The minimum atomic E-state index is -0.385. The number of thioether (sulfide) groups is 1. The largest absolute Gasteiger partial charge is 0.345 e. The number of halogens is 3. The smallest absolute Gasteiger partial charge is 0.251 e. The van der Waals surface area contributed by atoms with Crippen molar-refractivity contribution >= 4 is 40.9 Å². The summed E-state index contributed by atoms with van der Waals surface area (Å²) in [6.45, 7) is 2.86. The highest BCUT2D eigenvalue weighted by Crippen LogP contribution is 2.28. The summed E-state index contributed by atoms with van der Waals surface area (Å²) in [5.41, 5.74) is 1.34. The third-order valence-corrected chi connectivity index (χ3v) is 5.60. The highest BCUT2D eigenvalue weighted by atomic mass is 35.5. The fourth-order valence-electron chi connectivity index (χ4n) is 2.52. The first-order chi connectivity index (χ1) is 13.5. The normalized spacial score (nSPS) is 10.9. The van der Waals surface area contributed by atoms with E-state index in [0.717, 1.165) is 10.7 Å². The van der Waals surface area contributed by atoms with Crippen LogP contribution in [-0.2, 0) is 18.8 Å². The van der Waals surface area contributed by atoms with E-state index < -0.39 is 0 Å². The van der Waals surface area contributed by atoms with E-state index in [1.54, 1.807) is 12.1 Å². The fourth-order valence-corrected chi connectivity index (χ4v) is 4.10. The molecule has 146 valence electrons. The Morgan fingerprint density at radius 2 is 1.93 bits per heavy atom. The van der Waals surface area contributed by atoms with Crippen LogP contribution in [0.4, 0.5) is 4.39 Å². The molecule has 2 aromatic carbocycles. The van der Waals surface area contributed by atoms with Gasteiger partial charge in [0, 0.05) is 27.9 Å². The van der Waals surface area contributed by atoms with Gasteiger partial charge >= 0.3 is 0 Å². The molecule has 0 aliphatic heterocycles. The van der Waals surface area contributed by atoms with Gasteiger partial charge in [0.1, 0.15) is 5.82 Å². The quantitative estimate of drug-likeness (QED) is 0.529. The van der Waals surface area contributed by atoms with Crippen molar-refractivity contribution in [1.82, 2.24) is 20.1 Å². The fraction of sp³-hybridized carbons (Fsp3) is 0.211. The molecule has 3 rings (SSSR count).